The van der Waals surface area contributed by atoms with Crippen molar-refractivity contribution in [3.8, 4) is 22.8 Å². The van der Waals surface area contributed by atoms with Gasteiger partial charge in [0.25, 0.3) is 0 Å². The quantitative estimate of drug-likeness (QED) is 0.764. The van der Waals surface area contributed by atoms with E-state index in [9.17, 15) is 18.0 Å². The van der Waals surface area contributed by atoms with Crippen molar-refractivity contribution in [3.63, 3.8) is 0 Å². The van der Waals surface area contributed by atoms with Crippen LogP contribution in [-0.2, 0) is 6.18 Å². The van der Waals surface area contributed by atoms with E-state index >= 15 is 0 Å². The van der Waals surface area contributed by atoms with Crippen molar-refractivity contribution in [2.45, 2.75) is 6.18 Å². The number of hydrogen-bond donors (Lipinski definition) is 1. The molecule has 0 unspecified atom stereocenters. The van der Waals surface area contributed by atoms with E-state index in [-0.39, 0.29) is 18.1 Å². The average Bonchev–Trinajstić information content (AvgIpc) is 3.18. The number of carboxylic acids is 1. The molecule has 0 spiro atoms. The van der Waals surface area contributed by atoms with E-state index in [1.165, 1.54) is 6.07 Å². The van der Waals surface area contributed by atoms with Gasteiger partial charge in [0.15, 0.2) is 28.5 Å². The molecule has 0 radical (unpaired) electrons. The summed E-state index contributed by atoms with van der Waals surface area (Å²) in [6.45, 7) is 0.0314. The smallest absolute Gasteiger partial charge is 0.433 e. The molecule has 3 aromatic rings. The van der Waals surface area contributed by atoms with Crippen LogP contribution in [-0.4, -0.2) is 32.5 Å². The maximum atomic E-state index is 13.4. The molecule has 7 nitrogen and oxygen atoms in total. The minimum atomic E-state index is -4.74. The fraction of sp³-hybridized carbons (Fsp3) is 0.133. The molecule has 0 saturated carbocycles. The minimum absolute atomic E-state index is 0.00923. The van der Waals surface area contributed by atoms with E-state index in [2.05, 4.69) is 10.1 Å². The van der Waals surface area contributed by atoms with Crippen LogP contribution in [0.5, 0.6) is 11.5 Å². The number of carboxylic acid groups (broad SMARTS) is 1. The van der Waals surface area contributed by atoms with Crippen molar-refractivity contribution < 1.29 is 32.5 Å². The number of hydrogen-bond acceptors (Lipinski definition) is 5. The Hall–Kier alpha value is -3.30. The number of nitrogens with zero attached hydrogens (tertiary/aromatic N) is 3. The molecule has 1 N–H and O–H groups in total. The van der Waals surface area contributed by atoms with Crippen LogP contribution < -0.4 is 9.47 Å². The highest BCUT2D eigenvalue weighted by molar-refractivity contribution is 5.86. The Bertz CT molecular complexity index is 1010. The molecular formula is C15H8F3N3O4. The Morgan fingerprint density at radius 2 is 1.92 bits per heavy atom. The first kappa shape index (κ1) is 15.2. The predicted octanol–water partition coefficient (Wildman–Crippen LogP) is 2.84. The molecule has 0 bridgehead atoms. The van der Waals surface area contributed by atoms with Gasteiger partial charge in [-0.2, -0.15) is 18.3 Å². The van der Waals surface area contributed by atoms with Crippen molar-refractivity contribution in [1.82, 2.24) is 14.6 Å². The molecule has 1 aliphatic heterocycles. The van der Waals surface area contributed by atoms with Gasteiger partial charge in [0, 0.05) is 11.6 Å². The maximum Gasteiger partial charge on any atom is 0.433 e. The van der Waals surface area contributed by atoms with Gasteiger partial charge in [-0.25, -0.2) is 14.3 Å². The van der Waals surface area contributed by atoms with Crippen LogP contribution in [0.25, 0.3) is 16.9 Å². The number of alkyl halides is 3. The fourth-order valence-electron chi connectivity index (χ4n) is 2.48. The lowest BCUT2D eigenvalue weighted by molar-refractivity contribution is -0.142. The Kier molecular flexibility index (Phi) is 3.11. The van der Waals surface area contributed by atoms with Gasteiger partial charge < -0.3 is 14.6 Å². The molecule has 0 amide bonds. The van der Waals surface area contributed by atoms with Crippen molar-refractivity contribution in [1.29, 1.82) is 0 Å². The maximum absolute atomic E-state index is 13.4. The van der Waals surface area contributed by atoms with Gasteiger partial charge in [-0.1, -0.05) is 0 Å². The summed E-state index contributed by atoms with van der Waals surface area (Å²) in [5.74, 6) is -0.561. The Morgan fingerprint density at radius 3 is 2.64 bits per heavy atom. The van der Waals surface area contributed by atoms with E-state index in [1.807, 2.05) is 0 Å². The number of fused-ring (bicyclic) bond motifs is 2. The van der Waals surface area contributed by atoms with E-state index in [4.69, 9.17) is 14.6 Å². The molecule has 0 fully saturated rings. The number of ether oxygens (including phenoxy) is 2. The predicted molar refractivity (Wildman–Crippen MR) is 76.5 cm³/mol. The molecular weight excluding hydrogens is 343 g/mol. The average molecular weight is 351 g/mol. The van der Waals surface area contributed by atoms with Crippen LogP contribution in [0, 0.1) is 0 Å². The first-order valence-electron chi connectivity index (χ1n) is 6.94. The SMILES string of the molecule is O=C(O)c1cc2nc(-c3ccc4c(c3)OCO4)cc(C(F)(F)F)n2n1. The highest BCUT2D eigenvalue weighted by atomic mass is 19.4. The Labute approximate surface area is 137 Å². The van der Waals surface area contributed by atoms with Crippen molar-refractivity contribution in [2.75, 3.05) is 6.79 Å². The second kappa shape index (κ2) is 5.10. The lowest BCUT2D eigenvalue weighted by Crippen LogP contribution is -2.14. The zero-order chi connectivity index (χ0) is 17.8. The largest absolute Gasteiger partial charge is 0.476 e. The van der Waals surface area contributed by atoms with Gasteiger partial charge in [-0.3, -0.25) is 0 Å². The third-order valence-electron chi connectivity index (χ3n) is 3.61. The molecule has 4 rings (SSSR count). The summed E-state index contributed by atoms with van der Waals surface area (Å²) < 4.78 is 50.9. The molecule has 2 aromatic heterocycles. The summed E-state index contributed by atoms with van der Waals surface area (Å²) in [6, 6.07) is 6.41. The number of carbonyl (C=O) groups is 1. The highest BCUT2D eigenvalue weighted by Gasteiger charge is 2.35. The molecule has 0 atom stereocenters. The molecule has 3 heterocycles. The van der Waals surface area contributed by atoms with Crippen molar-refractivity contribution >= 4 is 11.6 Å². The second-order valence-corrected chi connectivity index (χ2v) is 5.20. The molecule has 1 aromatic carbocycles. The summed E-state index contributed by atoms with van der Waals surface area (Å²) in [6.07, 6.45) is -4.74. The van der Waals surface area contributed by atoms with Gasteiger partial charge in [0.1, 0.15) is 0 Å². The van der Waals surface area contributed by atoms with Crippen LogP contribution in [0.1, 0.15) is 16.2 Å². The number of halogens is 3. The van der Waals surface area contributed by atoms with Crippen LogP contribution in [0.15, 0.2) is 30.3 Å². The van der Waals surface area contributed by atoms with Crippen LogP contribution >= 0.6 is 0 Å². The molecule has 25 heavy (non-hydrogen) atoms. The molecule has 0 aliphatic carbocycles. The molecule has 1 aliphatic rings. The Morgan fingerprint density at radius 1 is 1.16 bits per heavy atom. The van der Waals surface area contributed by atoms with Gasteiger partial charge in [-0.15, -0.1) is 0 Å². The van der Waals surface area contributed by atoms with E-state index in [0.717, 1.165) is 12.1 Å². The van der Waals surface area contributed by atoms with Crippen molar-refractivity contribution in [2.24, 2.45) is 0 Å². The van der Waals surface area contributed by atoms with E-state index in [1.54, 1.807) is 12.1 Å². The van der Waals surface area contributed by atoms with E-state index < -0.39 is 23.5 Å². The number of rotatable bonds is 2. The third-order valence-corrected chi connectivity index (χ3v) is 3.61. The lowest BCUT2D eigenvalue weighted by atomic mass is 10.1. The zero-order valence-electron chi connectivity index (χ0n) is 12.2. The summed E-state index contributed by atoms with van der Waals surface area (Å²) in [5.41, 5.74) is -1.50. The molecule has 128 valence electrons. The monoisotopic (exact) mass is 351 g/mol. The van der Waals surface area contributed by atoms with Gasteiger partial charge in [0.2, 0.25) is 6.79 Å². The normalized spacial score (nSPS) is 13.4. The third kappa shape index (κ3) is 2.51. The Balaban J connectivity index is 1.94. The first-order chi connectivity index (χ1) is 11.8. The molecule has 10 heteroatoms. The number of aromatic carboxylic acids is 1. The minimum Gasteiger partial charge on any atom is -0.476 e. The first-order valence-corrected chi connectivity index (χ1v) is 6.94. The van der Waals surface area contributed by atoms with E-state index in [0.29, 0.717) is 21.6 Å². The van der Waals surface area contributed by atoms with Crippen LogP contribution in [0.3, 0.4) is 0 Å². The van der Waals surface area contributed by atoms with Crippen molar-refractivity contribution in [3.05, 3.63) is 41.7 Å². The second-order valence-electron chi connectivity index (χ2n) is 5.20. The zero-order valence-corrected chi connectivity index (χ0v) is 12.2. The summed E-state index contributed by atoms with van der Waals surface area (Å²) in [7, 11) is 0. The highest BCUT2D eigenvalue weighted by Crippen LogP contribution is 2.37. The number of benzene rings is 1. The topological polar surface area (TPSA) is 86.0 Å². The lowest BCUT2D eigenvalue weighted by Gasteiger charge is -2.11. The standard InChI is InChI=1S/C15H8F3N3O4/c16-15(17,18)12-4-8(7-1-2-10-11(3-7)25-6-24-10)19-13-5-9(14(22)23)20-21(12)13/h1-5H,6H2,(H,22,23). The number of aromatic nitrogens is 3. The summed E-state index contributed by atoms with van der Waals surface area (Å²) in [5, 5.41) is 12.4. The van der Waals surface area contributed by atoms with Gasteiger partial charge in [0.05, 0.1) is 5.69 Å². The summed E-state index contributed by atoms with van der Waals surface area (Å²) in [4.78, 5) is 15.1. The fourth-order valence-corrected chi connectivity index (χ4v) is 2.48. The van der Waals surface area contributed by atoms with Crippen LogP contribution in [0.2, 0.25) is 0 Å². The van der Waals surface area contributed by atoms with Crippen LogP contribution in [0.4, 0.5) is 13.2 Å². The summed E-state index contributed by atoms with van der Waals surface area (Å²) >= 11 is 0. The molecule has 0 saturated heterocycles. The van der Waals surface area contributed by atoms with Gasteiger partial charge in [-0.05, 0) is 24.3 Å². The van der Waals surface area contributed by atoms with Gasteiger partial charge >= 0.3 is 12.1 Å².